The molecule has 52 valence electrons. The Morgan fingerprint density at radius 3 is 3.50 bits per heavy atom. The van der Waals surface area contributed by atoms with Crippen molar-refractivity contribution in [1.29, 1.82) is 0 Å². The number of nitrogens with one attached hydrogen (secondary N) is 1. The molecular formula is C6H8N4. The van der Waals surface area contributed by atoms with E-state index < -0.39 is 0 Å². The summed E-state index contributed by atoms with van der Waals surface area (Å²) in [5, 5.41) is 1.84. The molecule has 0 aromatic heterocycles. The summed E-state index contributed by atoms with van der Waals surface area (Å²) in [6, 6.07) is 0. The molecule has 2 heterocycles. The number of nitrogens with zero attached hydrogens (tertiary/aromatic N) is 2. The molecule has 2 aliphatic rings. The van der Waals surface area contributed by atoms with Crippen LogP contribution in [0.3, 0.4) is 0 Å². The zero-order valence-corrected chi connectivity index (χ0v) is 5.41. The quantitative estimate of drug-likeness (QED) is 0.473. The molecule has 0 fully saturated rings. The van der Waals surface area contributed by atoms with E-state index in [9.17, 15) is 0 Å². The second kappa shape index (κ2) is 1.85. The van der Waals surface area contributed by atoms with Crippen LogP contribution >= 0.6 is 0 Å². The Bertz CT molecular complexity index is 238. The van der Waals surface area contributed by atoms with Crippen LogP contribution in [0.2, 0.25) is 0 Å². The molecule has 0 unspecified atom stereocenters. The minimum Gasteiger partial charge on any atom is -0.384 e. The summed E-state index contributed by atoms with van der Waals surface area (Å²) >= 11 is 0. The van der Waals surface area contributed by atoms with Gasteiger partial charge in [-0.25, -0.2) is 10.4 Å². The Balaban J connectivity index is 2.34. The maximum absolute atomic E-state index is 5.46. The molecule has 0 aromatic rings. The van der Waals surface area contributed by atoms with Crippen molar-refractivity contribution in [3.05, 3.63) is 24.2 Å². The predicted molar refractivity (Wildman–Crippen MR) is 38.7 cm³/mol. The highest BCUT2D eigenvalue weighted by Crippen LogP contribution is 2.11. The van der Waals surface area contributed by atoms with Gasteiger partial charge in [-0.15, -0.1) is 0 Å². The van der Waals surface area contributed by atoms with E-state index in [1.165, 1.54) is 0 Å². The molecule has 0 saturated carbocycles. The van der Waals surface area contributed by atoms with Crippen molar-refractivity contribution in [2.24, 2.45) is 10.7 Å². The van der Waals surface area contributed by atoms with Crippen molar-refractivity contribution < 1.29 is 0 Å². The highest BCUT2D eigenvalue weighted by molar-refractivity contribution is 5.92. The predicted octanol–water partition coefficient (Wildman–Crippen LogP) is -0.468. The lowest BCUT2D eigenvalue weighted by Crippen LogP contribution is -2.29. The van der Waals surface area contributed by atoms with Crippen LogP contribution < -0.4 is 11.2 Å². The first kappa shape index (κ1) is 5.49. The summed E-state index contributed by atoms with van der Waals surface area (Å²) in [5.74, 6) is 1.45. The molecule has 4 nitrogen and oxygen atoms in total. The number of hydrogen-bond donors (Lipinski definition) is 2. The van der Waals surface area contributed by atoms with Crippen LogP contribution in [0.15, 0.2) is 29.2 Å². The van der Waals surface area contributed by atoms with Gasteiger partial charge < -0.3 is 5.73 Å². The van der Waals surface area contributed by atoms with Crippen molar-refractivity contribution in [3.8, 4) is 0 Å². The lowest BCUT2D eigenvalue weighted by atomic mass is 10.4. The smallest absolute Gasteiger partial charge is 0.146 e. The average molecular weight is 136 g/mol. The third-order valence-corrected chi connectivity index (χ3v) is 1.43. The van der Waals surface area contributed by atoms with Gasteiger partial charge >= 0.3 is 0 Å². The average Bonchev–Trinajstić information content (AvgIpc) is 2.33. The number of aliphatic imine (C=N–C) groups is 1. The van der Waals surface area contributed by atoms with E-state index in [1.54, 1.807) is 6.08 Å². The molecule has 0 saturated heterocycles. The maximum Gasteiger partial charge on any atom is 0.146 e. The van der Waals surface area contributed by atoms with E-state index in [-0.39, 0.29) is 0 Å². The first-order chi connectivity index (χ1) is 4.86. The largest absolute Gasteiger partial charge is 0.384 e. The van der Waals surface area contributed by atoms with E-state index in [1.807, 2.05) is 17.3 Å². The van der Waals surface area contributed by atoms with Gasteiger partial charge in [-0.05, 0) is 12.2 Å². The fraction of sp³-hybridized carbons (Fsp3) is 0.167. The summed E-state index contributed by atoms with van der Waals surface area (Å²) in [6.45, 7) is 0.830. The Morgan fingerprint density at radius 1 is 1.70 bits per heavy atom. The van der Waals surface area contributed by atoms with Gasteiger partial charge in [0.05, 0.1) is 0 Å². The van der Waals surface area contributed by atoms with Gasteiger partial charge in [-0.3, -0.25) is 5.01 Å². The number of nitrogens with two attached hydrogens (primary N) is 1. The van der Waals surface area contributed by atoms with Gasteiger partial charge in [0.1, 0.15) is 11.7 Å². The molecule has 10 heavy (non-hydrogen) atoms. The van der Waals surface area contributed by atoms with Crippen molar-refractivity contribution >= 4 is 5.84 Å². The van der Waals surface area contributed by atoms with Gasteiger partial charge in [0.15, 0.2) is 0 Å². The second-order valence-electron chi connectivity index (χ2n) is 2.15. The molecule has 0 atom stereocenters. The highest BCUT2D eigenvalue weighted by atomic mass is 15.5. The van der Waals surface area contributed by atoms with Gasteiger partial charge in [0.25, 0.3) is 0 Å². The molecule has 0 spiro atoms. The van der Waals surface area contributed by atoms with Crippen LogP contribution in [-0.4, -0.2) is 17.4 Å². The first-order valence-electron chi connectivity index (χ1n) is 3.11. The molecule has 0 aliphatic carbocycles. The third kappa shape index (κ3) is 0.698. The molecule has 4 heteroatoms. The molecule has 3 N–H and O–H groups in total. The standard InChI is InChI=1S/C6H8N4/c7-5-2-4-10-6(9-5)1-3-8-10/h1-2,4,8H,3H2,(H2,7,9). The summed E-state index contributed by atoms with van der Waals surface area (Å²) < 4.78 is 0. The zero-order valence-electron chi connectivity index (χ0n) is 5.41. The van der Waals surface area contributed by atoms with Crippen molar-refractivity contribution in [2.45, 2.75) is 0 Å². The van der Waals surface area contributed by atoms with E-state index in [0.29, 0.717) is 5.84 Å². The molecule has 0 radical (unpaired) electrons. The Morgan fingerprint density at radius 2 is 2.60 bits per heavy atom. The van der Waals surface area contributed by atoms with Crippen LogP contribution in [0.5, 0.6) is 0 Å². The van der Waals surface area contributed by atoms with E-state index in [4.69, 9.17) is 5.73 Å². The van der Waals surface area contributed by atoms with E-state index in [2.05, 4.69) is 10.4 Å². The Labute approximate surface area is 58.7 Å². The fourth-order valence-electron chi connectivity index (χ4n) is 0.964. The van der Waals surface area contributed by atoms with Crippen LogP contribution in [0.1, 0.15) is 0 Å². The summed E-state index contributed by atoms with van der Waals surface area (Å²) in [5.41, 5.74) is 8.53. The highest BCUT2D eigenvalue weighted by Gasteiger charge is 2.13. The normalized spacial score (nSPS) is 22.2. The zero-order chi connectivity index (χ0) is 6.97. The van der Waals surface area contributed by atoms with Gasteiger partial charge in [-0.1, -0.05) is 0 Å². The van der Waals surface area contributed by atoms with Crippen LogP contribution in [0, 0.1) is 0 Å². The van der Waals surface area contributed by atoms with E-state index >= 15 is 0 Å². The lowest BCUT2D eigenvalue weighted by molar-refractivity contribution is 0.382. The first-order valence-corrected chi connectivity index (χ1v) is 3.11. The third-order valence-electron chi connectivity index (χ3n) is 1.43. The Hall–Kier alpha value is -1.29. The SMILES string of the molecule is NC1=NC2=CCNN2C=C1. The van der Waals surface area contributed by atoms with Crippen molar-refractivity contribution in [2.75, 3.05) is 6.54 Å². The number of fused-ring (bicyclic) bond motifs is 1. The molecule has 2 rings (SSSR count). The van der Waals surface area contributed by atoms with E-state index in [0.717, 1.165) is 12.4 Å². The monoisotopic (exact) mass is 136 g/mol. The molecule has 0 bridgehead atoms. The van der Waals surface area contributed by atoms with Crippen LogP contribution in [-0.2, 0) is 0 Å². The lowest BCUT2D eigenvalue weighted by Gasteiger charge is -2.17. The van der Waals surface area contributed by atoms with Crippen LogP contribution in [0.25, 0.3) is 0 Å². The number of hydrazine groups is 1. The molecule has 0 amide bonds. The minimum absolute atomic E-state index is 0.561. The van der Waals surface area contributed by atoms with Crippen molar-refractivity contribution in [3.63, 3.8) is 0 Å². The summed E-state index contributed by atoms with van der Waals surface area (Å²) in [6.07, 6.45) is 5.60. The number of amidine groups is 1. The summed E-state index contributed by atoms with van der Waals surface area (Å²) in [4.78, 5) is 4.08. The topological polar surface area (TPSA) is 53.6 Å². The molecular weight excluding hydrogens is 128 g/mol. The fourth-order valence-corrected chi connectivity index (χ4v) is 0.964. The maximum atomic E-state index is 5.46. The Kier molecular flexibility index (Phi) is 1.01. The van der Waals surface area contributed by atoms with Gasteiger partial charge in [-0.2, -0.15) is 0 Å². The van der Waals surface area contributed by atoms with Crippen molar-refractivity contribution in [1.82, 2.24) is 10.4 Å². The van der Waals surface area contributed by atoms with Crippen LogP contribution in [0.4, 0.5) is 0 Å². The minimum atomic E-state index is 0.561. The molecule has 0 aromatic carbocycles. The second-order valence-corrected chi connectivity index (χ2v) is 2.15. The molecule has 2 aliphatic heterocycles. The van der Waals surface area contributed by atoms with Gasteiger partial charge in [0.2, 0.25) is 0 Å². The number of hydrogen-bond acceptors (Lipinski definition) is 4. The number of rotatable bonds is 0. The van der Waals surface area contributed by atoms with Gasteiger partial charge in [0, 0.05) is 12.7 Å². The summed E-state index contributed by atoms with van der Waals surface area (Å²) in [7, 11) is 0.